The average Bonchev–Trinajstić information content (AvgIpc) is 3.11. The summed E-state index contributed by atoms with van der Waals surface area (Å²) in [7, 11) is 1.90. The van der Waals surface area contributed by atoms with Crippen molar-refractivity contribution >= 4 is 17.5 Å². The summed E-state index contributed by atoms with van der Waals surface area (Å²) >= 11 is 0. The van der Waals surface area contributed by atoms with Crippen molar-refractivity contribution in [1.29, 1.82) is 0 Å². The van der Waals surface area contributed by atoms with Crippen LogP contribution in [0, 0.1) is 0 Å². The Kier molecular flexibility index (Phi) is 5.84. The lowest BCUT2D eigenvalue weighted by molar-refractivity contribution is -0.115. The zero-order valence-electron chi connectivity index (χ0n) is 14.9. The van der Waals surface area contributed by atoms with E-state index in [1.54, 1.807) is 54.7 Å². The summed E-state index contributed by atoms with van der Waals surface area (Å²) in [5, 5.41) is 5.32. The minimum Gasteiger partial charge on any atom is -0.486 e. The topological polar surface area (TPSA) is 85.2 Å². The summed E-state index contributed by atoms with van der Waals surface area (Å²) in [5.41, 5.74) is 1.14. The smallest absolute Gasteiger partial charge is 0.251 e. The van der Waals surface area contributed by atoms with Gasteiger partial charge in [0, 0.05) is 30.7 Å². The second-order valence-corrected chi connectivity index (χ2v) is 5.86. The molecule has 1 aromatic heterocycles. The minimum absolute atomic E-state index is 0.106. The molecule has 0 aliphatic heterocycles. The first-order valence-electron chi connectivity index (χ1n) is 8.44. The predicted molar refractivity (Wildman–Crippen MR) is 101 cm³/mol. The third kappa shape index (κ3) is 5.18. The summed E-state index contributed by atoms with van der Waals surface area (Å²) in [6.07, 6.45) is 3.57. The van der Waals surface area contributed by atoms with Gasteiger partial charge in [-0.3, -0.25) is 9.59 Å². The van der Waals surface area contributed by atoms with Gasteiger partial charge in [-0.15, -0.1) is 0 Å². The third-order valence-electron chi connectivity index (χ3n) is 3.87. The summed E-state index contributed by atoms with van der Waals surface area (Å²) in [5.74, 6) is 0.902. The molecule has 1 heterocycles. The standard InChI is InChI=1S/C20H20N4O3/c1-24-12-11-21-18(24)14-27-17-9-7-16(8-10-17)23-19(25)13-22-20(26)15-5-3-2-4-6-15/h2-12H,13-14H2,1H3,(H,22,26)(H,23,25). The van der Waals surface area contributed by atoms with Crippen molar-refractivity contribution in [1.82, 2.24) is 14.9 Å². The molecule has 0 bridgehead atoms. The van der Waals surface area contributed by atoms with Gasteiger partial charge in [-0.25, -0.2) is 4.98 Å². The van der Waals surface area contributed by atoms with Crippen molar-refractivity contribution in [3.05, 3.63) is 78.4 Å². The number of rotatable bonds is 7. The van der Waals surface area contributed by atoms with Crippen LogP contribution in [0.2, 0.25) is 0 Å². The maximum Gasteiger partial charge on any atom is 0.251 e. The van der Waals surface area contributed by atoms with E-state index in [9.17, 15) is 9.59 Å². The fourth-order valence-electron chi connectivity index (χ4n) is 2.38. The lowest BCUT2D eigenvalue weighted by Crippen LogP contribution is -2.32. The molecule has 3 rings (SSSR count). The number of carbonyl (C=O) groups is 2. The van der Waals surface area contributed by atoms with Gasteiger partial charge in [-0.05, 0) is 36.4 Å². The first-order chi connectivity index (χ1) is 13.1. The molecule has 0 saturated heterocycles. The maximum absolute atomic E-state index is 12.0. The molecular formula is C20H20N4O3. The van der Waals surface area contributed by atoms with Gasteiger partial charge < -0.3 is 19.9 Å². The fourth-order valence-corrected chi connectivity index (χ4v) is 2.38. The molecule has 0 saturated carbocycles. The molecule has 0 aliphatic rings. The van der Waals surface area contributed by atoms with Gasteiger partial charge in [-0.2, -0.15) is 0 Å². The number of carbonyl (C=O) groups excluding carboxylic acids is 2. The summed E-state index contributed by atoms with van der Waals surface area (Å²) in [6, 6.07) is 15.8. The van der Waals surface area contributed by atoms with E-state index in [1.165, 1.54) is 0 Å². The molecule has 0 atom stereocenters. The van der Waals surface area contributed by atoms with Gasteiger partial charge in [0.2, 0.25) is 5.91 Å². The van der Waals surface area contributed by atoms with Crippen molar-refractivity contribution in [2.24, 2.45) is 7.05 Å². The number of hydrogen-bond donors (Lipinski definition) is 2. The highest BCUT2D eigenvalue weighted by Gasteiger charge is 2.08. The Labute approximate surface area is 157 Å². The van der Waals surface area contributed by atoms with E-state index in [1.807, 2.05) is 23.9 Å². The van der Waals surface area contributed by atoms with Gasteiger partial charge in [0.05, 0.1) is 6.54 Å². The van der Waals surface area contributed by atoms with Crippen LogP contribution in [-0.4, -0.2) is 27.9 Å². The molecule has 2 aromatic carbocycles. The SMILES string of the molecule is Cn1ccnc1COc1ccc(NC(=O)CNC(=O)c2ccccc2)cc1. The van der Waals surface area contributed by atoms with E-state index < -0.39 is 0 Å². The van der Waals surface area contributed by atoms with Gasteiger partial charge in [0.15, 0.2) is 0 Å². The van der Waals surface area contributed by atoms with Crippen LogP contribution in [0.5, 0.6) is 5.75 Å². The molecule has 3 aromatic rings. The number of hydrogen-bond acceptors (Lipinski definition) is 4. The molecule has 0 aliphatic carbocycles. The van der Waals surface area contributed by atoms with E-state index in [-0.39, 0.29) is 18.4 Å². The lowest BCUT2D eigenvalue weighted by Gasteiger charge is -2.09. The van der Waals surface area contributed by atoms with E-state index in [0.717, 1.165) is 5.82 Å². The van der Waals surface area contributed by atoms with Crippen LogP contribution in [0.1, 0.15) is 16.2 Å². The number of aryl methyl sites for hydroxylation is 1. The first-order valence-corrected chi connectivity index (χ1v) is 8.44. The Morgan fingerprint density at radius 2 is 1.81 bits per heavy atom. The molecule has 2 N–H and O–H groups in total. The Balaban J connectivity index is 1.45. The molecule has 0 spiro atoms. The molecule has 138 valence electrons. The second kappa shape index (κ2) is 8.66. The Morgan fingerprint density at radius 1 is 1.07 bits per heavy atom. The summed E-state index contributed by atoms with van der Waals surface area (Å²) in [4.78, 5) is 28.1. The van der Waals surface area contributed by atoms with Crippen LogP contribution >= 0.6 is 0 Å². The highest BCUT2D eigenvalue weighted by molar-refractivity contribution is 5.99. The first kappa shape index (κ1) is 18.2. The highest BCUT2D eigenvalue weighted by atomic mass is 16.5. The van der Waals surface area contributed by atoms with Crippen molar-refractivity contribution in [3.8, 4) is 5.75 Å². The van der Waals surface area contributed by atoms with E-state index in [2.05, 4.69) is 15.6 Å². The summed E-state index contributed by atoms with van der Waals surface area (Å²) < 4.78 is 7.55. The Hall–Kier alpha value is -3.61. The third-order valence-corrected chi connectivity index (χ3v) is 3.87. The van der Waals surface area contributed by atoms with Crippen molar-refractivity contribution in [3.63, 3.8) is 0 Å². The molecule has 7 heteroatoms. The van der Waals surface area contributed by atoms with Crippen molar-refractivity contribution in [2.45, 2.75) is 6.61 Å². The second-order valence-electron chi connectivity index (χ2n) is 5.86. The zero-order chi connectivity index (χ0) is 19.1. The van der Waals surface area contributed by atoms with Crippen LogP contribution in [0.15, 0.2) is 67.0 Å². The molecule has 0 unspecified atom stereocenters. The van der Waals surface area contributed by atoms with Crippen LogP contribution < -0.4 is 15.4 Å². The molecule has 0 radical (unpaired) electrons. The van der Waals surface area contributed by atoms with Crippen LogP contribution in [0.4, 0.5) is 5.69 Å². The van der Waals surface area contributed by atoms with Gasteiger partial charge >= 0.3 is 0 Å². The van der Waals surface area contributed by atoms with Crippen molar-refractivity contribution < 1.29 is 14.3 Å². The number of imidazole rings is 1. The van der Waals surface area contributed by atoms with Crippen LogP contribution in [0.25, 0.3) is 0 Å². The normalized spacial score (nSPS) is 10.3. The van der Waals surface area contributed by atoms with Crippen LogP contribution in [0.3, 0.4) is 0 Å². The Morgan fingerprint density at radius 3 is 2.48 bits per heavy atom. The maximum atomic E-state index is 12.0. The molecule has 27 heavy (non-hydrogen) atoms. The lowest BCUT2D eigenvalue weighted by atomic mass is 10.2. The van der Waals surface area contributed by atoms with Gasteiger partial charge in [0.25, 0.3) is 5.91 Å². The predicted octanol–water partition coefficient (Wildman–Crippen LogP) is 2.37. The monoisotopic (exact) mass is 364 g/mol. The minimum atomic E-state index is -0.305. The zero-order valence-corrected chi connectivity index (χ0v) is 14.9. The number of nitrogens with one attached hydrogen (secondary N) is 2. The van der Waals surface area contributed by atoms with Crippen molar-refractivity contribution in [2.75, 3.05) is 11.9 Å². The Bertz CT molecular complexity index is 904. The largest absolute Gasteiger partial charge is 0.486 e. The summed E-state index contributed by atoms with van der Waals surface area (Å²) in [6.45, 7) is 0.256. The average molecular weight is 364 g/mol. The van der Waals surface area contributed by atoms with E-state index in [4.69, 9.17) is 4.74 Å². The molecule has 0 fully saturated rings. The van der Waals surface area contributed by atoms with E-state index in [0.29, 0.717) is 23.6 Å². The number of anilines is 1. The number of amides is 2. The van der Waals surface area contributed by atoms with Gasteiger partial charge in [0.1, 0.15) is 18.2 Å². The molecular weight excluding hydrogens is 344 g/mol. The number of benzene rings is 2. The van der Waals surface area contributed by atoms with Crippen LogP contribution in [-0.2, 0) is 18.4 Å². The number of nitrogens with zero attached hydrogens (tertiary/aromatic N) is 2. The number of ether oxygens (including phenoxy) is 1. The quantitative estimate of drug-likeness (QED) is 0.674. The fraction of sp³-hybridized carbons (Fsp3) is 0.150. The molecule has 7 nitrogen and oxygen atoms in total. The molecule has 2 amide bonds. The van der Waals surface area contributed by atoms with Gasteiger partial charge in [-0.1, -0.05) is 18.2 Å². The highest BCUT2D eigenvalue weighted by Crippen LogP contribution is 2.16. The van der Waals surface area contributed by atoms with E-state index >= 15 is 0 Å². The number of aromatic nitrogens is 2.